The molecule has 108 valence electrons. The average Bonchev–Trinajstić information content (AvgIpc) is 3.00. The minimum Gasteiger partial charge on any atom is -0.335 e. The highest BCUT2D eigenvalue weighted by molar-refractivity contribution is 5.84. The summed E-state index contributed by atoms with van der Waals surface area (Å²) in [6, 6.07) is 12.4. The maximum atomic E-state index is 13.8. The van der Waals surface area contributed by atoms with Crippen LogP contribution in [0, 0.1) is 12.7 Å². The fourth-order valence-electron chi connectivity index (χ4n) is 2.44. The van der Waals surface area contributed by atoms with Gasteiger partial charge in [0.15, 0.2) is 5.82 Å². The van der Waals surface area contributed by atoms with Crippen molar-refractivity contribution >= 4 is 28.2 Å². The van der Waals surface area contributed by atoms with Crippen LogP contribution >= 0.6 is 0 Å². The first kappa shape index (κ1) is 12.7. The Labute approximate surface area is 125 Å². The van der Waals surface area contributed by atoms with Crippen LogP contribution in [0.5, 0.6) is 0 Å². The number of halogens is 1. The van der Waals surface area contributed by atoms with Crippen molar-refractivity contribution in [1.82, 2.24) is 19.6 Å². The minimum absolute atomic E-state index is 0.342. The second-order valence-corrected chi connectivity index (χ2v) is 5.08. The third-order valence-electron chi connectivity index (χ3n) is 3.51. The molecule has 0 saturated carbocycles. The molecule has 0 aliphatic rings. The van der Waals surface area contributed by atoms with Crippen molar-refractivity contribution in [3.8, 4) is 0 Å². The van der Waals surface area contributed by atoms with Crippen molar-refractivity contribution in [2.75, 3.05) is 5.32 Å². The van der Waals surface area contributed by atoms with E-state index in [0.29, 0.717) is 17.2 Å². The van der Waals surface area contributed by atoms with E-state index in [-0.39, 0.29) is 5.82 Å². The fourth-order valence-corrected chi connectivity index (χ4v) is 2.44. The van der Waals surface area contributed by atoms with Crippen LogP contribution in [0.25, 0.3) is 16.7 Å². The smallest absolute Gasteiger partial charge is 0.204 e. The van der Waals surface area contributed by atoms with Gasteiger partial charge in [-0.1, -0.05) is 18.2 Å². The van der Waals surface area contributed by atoms with Crippen LogP contribution in [0.2, 0.25) is 0 Å². The van der Waals surface area contributed by atoms with Gasteiger partial charge in [-0.25, -0.2) is 9.37 Å². The van der Waals surface area contributed by atoms with E-state index in [1.807, 2.05) is 29.5 Å². The van der Waals surface area contributed by atoms with E-state index < -0.39 is 0 Å². The van der Waals surface area contributed by atoms with E-state index in [9.17, 15) is 4.39 Å². The van der Waals surface area contributed by atoms with Crippen molar-refractivity contribution in [1.29, 1.82) is 0 Å². The second kappa shape index (κ2) is 4.77. The molecule has 0 aliphatic heterocycles. The summed E-state index contributed by atoms with van der Waals surface area (Å²) < 4.78 is 15.7. The molecule has 2 aromatic carbocycles. The quantitative estimate of drug-likeness (QED) is 0.615. The molecule has 5 nitrogen and oxygen atoms in total. The lowest BCUT2D eigenvalue weighted by atomic mass is 10.2. The van der Waals surface area contributed by atoms with E-state index in [1.165, 1.54) is 6.07 Å². The molecule has 2 aromatic heterocycles. The molecule has 1 N–H and O–H groups in total. The Morgan fingerprint density at radius 2 is 2.00 bits per heavy atom. The van der Waals surface area contributed by atoms with Gasteiger partial charge in [0.05, 0.1) is 16.7 Å². The molecule has 0 radical (unpaired) electrons. The molecule has 0 bridgehead atoms. The van der Waals surface area contributed by atoms with Crippen LogP contribution < -0.4 is 5.32 Å². The number of hydrogen-bond acceptors (Lipinski definition) is 4. The number of aryl methyl sites for hydroxylation is 1. The Morgan fingerprint density at radius 1 is 1.14 bits per heavy atom. The van der Waals surface area contributed by atoms with Crippen molar-refractivity contribution in [2.24, 2.45) is 0 Å². The molecule has 0 atom stereocenters. The topological polar surface area (TPSA) is 55.1 Å². The summed E-state index contributed by atoms with van der Waals surface area (Å²) in [5.74, 6) is 0.130. The number of anilines is 2. The molecule has 0 fully saturated rings. The first-order chi connectivity index (χ1) is 10.7. The number of benzene rings is 2. The maximum absolute atomic E-state index is 13.8. The predicted octanol–water partition coefficient (Wildman–Crippen LogP) is 3.47. The summed E-state index contributed by atoms with van der Waals surface area (Å²) in [5, 5.41) is 11.0. The van der Waals surface area contributed by atoms with Crippen molar-refractivity contribution < 1.29 is 4.39 Å². The summed E-state index contributed by atoms with van der Waals surface area (Å²) in [5.41, 5.74) is 3.74. The van der Waals surface area contributed by atoms with Crippen LogP contribution in [-0.2, 0) is 0 Å². The standard InChI is InChI=1S/C16H12FN5/c1-10-6-7-13-14(8-10)22-9-18-21-16(22)15(20-13)19-12-5-3-2-4-11(12)17/h2-9H,1H3,(H,19,20). The van der Waals surface area contributed by atoms with Crippen LogP contribution in [0.1, 0.15) is 5.56 Å². The van der Waals surface area contributed by atoms with Crippen LogP contribution in [0.15, 0.2) is 48.8 Å². The lowest BCUT2D eigenvalue weighted by Gasteiger charge is -2.10. The number of rotatable bonds is 2. The van der Waals surface area contributed by atoms with Crippen LogP contribution in [0.3, 0.4) is 0 Å². The van der Waals surface area contributed by atoms with Gasteiger partial charge in [-0.15, -0.1) is 10.2 Å². The van der Waals surface area contributed by atoms with Gasteiger partial charge in [0.1, 0.15) is 12.1 Å². The third kappa shape index (κ3) is 1.96. The van der Waals surface area contributed by atoms with E-state index in [0.717, 1.165) is 16.6 Å². The average molecular weight is 293 g/mol. The third-order valence-corrected chi connectivity index (χ3v) is 3.51. The zero-order valence-electron chi connectivity index (χ0n) is 11.8. The summed E-state index contributed by atoms with van der Waals surface area (Å²) in [6.07, 6.45) is 1.63. The minimum atomic E-state index is -0.342. The number of nitrogens with one attached hydrogen (secondary N) is 1. The fraction of sp³-hybridized carbons (Fsp3) is 0.0625. The number of aromatic nitrogens is 4. The Bertz CT molecular complexity index is 992. The molecule has 4 aromatic rings. The molecule has 0 aliphatic carbocycles. The maximum Gasteiger partial charge on any atom is 0.204 e. The van der Waals surface area contributed by atoms with E-state index >= 15 is 0 Å². The van der Waals surface area contributed by atoms with Crippen molar-refractivity contribution in [2.45, 2.75) is 6.92 Å². The van der Waals surface area contributed by atoms with Gasteiger partial charge < -0.3 is 5.32 Å². The number of hydrogen-bond donors (Lipinski definition) is 1. The molecule has 0 unspecified atom stereocenters. The number of nitrogens with zero attached hydrogens (tertiary/aromatic N) is 4. The molecule has 2 heterocycles. The second-order valence-electron chi connectivity index (χ2n) is 5.08. The van der Waals surface area contributed by atoms with E-state index in [2.05, 4.69) is 20.5 Å². The zero-order valence-corrected chi connectivity index (χ0v) is 11.8. The SMILES string of the molecule is Cc1ccc2nc(Nc3ccccc3F)c3nncn3c2c1. The predicted molar refractivity (Wildman–Crippen MR) is 82.7 cm³/mol. The lowest BCUT2D eigenvalue weighted by molar-refractivity contribution is 0.632. The largest absolute Gasteiger partial charge is 0.335 e. The van der Waals surface area contributed by atoms with Crippen LogP contribution in [-0.4, -0.2) is 19.6 Å². The molecule has 0 amide bonds. The normalized spacial score (nSPS) is 11.2. The molecule has 0 saturated heterocycles. The monoisotopic (exact) mass is 293 g/mol. The molecular formula is C16H12FN5. The van der Waals surface area contributed by atoms with Crippen molar-refractivity contribution in [3.05, 3.63) is 60.2 Å². The molecule has 0 spiro atoms. The lowest BCUT2D eigenvalue weighted by Crippen LogP contribution is -2.01. The summed E-state index contributed by atoms with van der Waals surface area (Å²) in [4.78, 5) is 4.55. The Balaban J connectivity index is 1.95. The Morgan fingerprint density at radius 3 is 2.86 bits per heavy atom. The zero-order chi connectivity index (χ0) is 15.1. The number of fused-ring (bicyclic) bond motifs is 3. The first-order valence-electron chi connectivity index (χ1n) is 6.84. The van der Waals surface area contributed by atoms with Gasteiger partial charge in [-0.05, 0) is 36.8 Å². The van der Waals surface area contributed by atoms with Crippen LogP contribution in [0.4, 0.5) is 15.9 Å². The van der Waals surface area contributed by atoms with Crippen molar-refractivity contribution in [3.63, 3.8) is 0 Å². The summed E-state index contributed by atoms with van der Waals surface area (Å²) in [7, 11) is 0. The van der Waals surface area contributed by atoms with Gasteiger partial charge in [0, 0.05) is 0 Å². The van der Waals surface area contributed by atoms with Gasteiger partial charge in [-0.3, -0.25) is 4.40 Å². The van der Waals surface area contributed by atoms with E-state index in [4.69, 9.17) is 0 Å². The first-order valence-corrected chi connectivity index (χ1v) is 6.84. The highest BCUT2D eigenvalue weighted by atomic mass is 19.1. The molecule has 6 heteroatoms. The van der Waals surface area contributed by atoms with Gasteiger partial charge in [0.25, 0.3) is 0 Å². The number of para-hydroxylation sites is 1. The molecule has 4 rings (SSSR count). The Kier molecular flexibility index (Phi) is 2.75. The summed E-state index contributed by atoms with van der Waals surface area (Å²) in [6.45, 7) is 2.02. The molecule has 22 heavy (non-hydrogen) atoms. The van der Waals surface area contributed by atoms with Gasteiger partial charge >= 0.3 is 0 Å². The Hall–Kier alpha value is -3.02. The summed E-state index contributed by atoms with van der Waals surface area (Å²) >= 11 is 0. The van der Waals surface area contributed by atoms with Gasteiger partial charge in [-0.2, -0.15) is 0 Å². The highest BCUT2D eigenvalue weighted by Crippen LogP contribution is 2.25. The molecular weight excluding hydrogens is 281 g/mol. The van der Waals surface area contributed by atoms with E-state index in [1.54, 1.807) is 24.5 Å². The highest BCUT2D eigenvalue weighted by Gasteiger charge is 2.12. The van der Waals surface area contributed by atoms with Gasteiger partial charge in [0.2, 0.25) is 5.65 Å².